The van der Waals surface area contributed by atoms with Crippen molar-refractivity contribution in [3.8, 4) is 0 Å². The van der Waals surface area contributed by atoms with E-state index in [4.69, 9.17) is 5.73 Å². The lowest BCUT2D eigenvalue weighted by atomic mass is 9.84. The van der Waals surface area contributed by atoms with Gasteiger partial charge in [0, 0.05) is 11.1 Å². The summed E-state index contributed by atoms with van der Waals surface area (Å²) in [5.74, 6) is -1.03. The van der Waals surface area contributed by atoms with Gasteiger partial charge in [-0.3, -0.25) is 0 Å². The standard InChI is InChI=1S/C14H18BrF2N/c1-13(2)5-6-14(18,8-13)7-9-11(16)4-3-10(15)12(9)17/h3-4H,5-8,18H2,1-2H3. The molecule has 0 radical (unpaired) electrons. The van der Waals surface area contributed by atoms with Crippen LogP contribution in [0.4, 0.5) is 8.78 Å². The molecule has 1 nitrogen and oxygen atoms in total. The molecule has 0 heterocycles. The largest absolute Gasteiger partial charge is 0.325 e. The van der Waals surface area contributed by atoms with E-state index in [9.17, 15) is 8.78 Å². The van der Waals surface area contributed by atoms with Crippen LogP contribution in [0, 0.1) is 17.0 Å². The van der Waals surface area contributed by atoms with Gasteiger partial charge in [-0.15, -0.1) is 0 Å². The molecule has 2 N–H and O–H groups in total. The molecule has 0 amide bonds. The fourth-order valence-electron chi connectivity index (χ4n) is 2.95. The first-order chi connectivity index (χ1) is 8.22. The number of nitrogens with two attached hydrogens (primary N) is 1. The fraction of sp³-hybridized carbons (Fsp3) is 0.571. The van der Waals surface area contributed by atoms with E-state index in [0.717, 1.165) is 19.3 Å². The van der Waals surface area contributed by atoms with Crippen LogP contribution in [0.5, 0.6) is 0 Å². The minimum Gasteiger partial charge on any atom is -0.325 e. The van der Waals surface area contributed by atoms with Crippen LogP contribution in [-0.4, -0.2) is 5.54 Å². The van der Waals surface area contributed by atoms with Crippen molar-refractivity contribution in [1.82, 2.24) is 0 Å². The van der Waals surface area contributed by atoms with E-state index >= 15 is 0 Å². The third-order valence-electron chi connectivity index (χ3n) is 3.80. The fourth-order valence-corrected chi connectivity index (χ4v) is 3.32. The van der Waals surface area contributed by atoms with Crippen molar-refractivity contribution in [2.24, 2.45) is 11.1 Å². The van der Waals surface area contributed by atoms with Crippen molar-refractivity contribution in [2.75, 3.05) is 0 Å². The first-order valence-electron chi connectivity index (χ1n) is 6.14. The highest BCUT2D eigenvalue weighted by atomic mass is 79.9. The molecule has 0 spiro atoms. The summed E-state index contributed by atoms with van der Waals surface area (Å²) >= 11 is 3.09. The molecular formula is C14H18BrF2N. The maximum absolute atomic E-state index is 13.9. The number of hydrogen-bond acceptors (Lipinski definition) is 1. The van der Waals surface area contributed by atoms with E-state index in [0.29, 0.717) is 4.47 Å². The maximum atomic E-state index is 13.9. The minimum atomic E-state index is -0.524. The Hall–Kier alpha value is -0.480. The van der Waals surface area contributed by atoms with Crippen LogP contribution in [0.1, 0.15) is 38.7 Å². The molecule has 0 aromatic heterocycles. The Morgan fingerprint density at radius 2 is 1.94 bits per heavy atom. The topological polar surface area (TPSA) is 26.0 Å². The molecule has 1 fully saturated rings. The Balaban J connectivity index is 2.28. The van der Waals surface area contributed by atoms with E-state index in [1.807, 2.05) is 0 Å². The normalized spacial score (nSPS) is 26.6. The third-order valence-corrected chi connectivity index (χ3v) is 4.41. The summed E-state index contributed by atoms with van der Waals surface area (Å²) in [6.45, 7) is 4.30. The molecule has 1 unspecified atom stereocenters. The maximum Gasteiger partial charge on any atom is 0.143 e. The molecule has 0 saturated heterocycles. The van der Waals surface area contributed by atoms with Gasteiger partial charge in [0.25, 0.3) is 0 Å². The second-order valence-corrected chi connectivity index (χ2v) is 7.06. The molecule has 1 aromatic carbocycles. The summed E-state index contributed by atoms with van der Waals surface area (Å²) in [7, 11) is 0. The molecule has 1 saturated carbocycles. The van der Waals surface area contributed by atoms with E-state index in [2.05, 4.69) is 29.8 Å². The summed E-state index contributed by atoms with van der Waals surface area (Å²) in [6.07, 6.45) is 2.87. The first kappa shape index (κ1) is 13.9. The van der Waals surface area contributed by atoms with Gasteiger partial charge in [-0.1, -0.05) is 13.8 Å². The Morgan fingerprint density at radius 3 is 2.50 bits per heavy atom. The van der Waals surface area contributed by atoms with Gasteiger partial charge >= 0.3 is 0 Å². The molecule has 2 rings (SSSR count). The molecule has 1 aromatic rings. The van der Waals surface area contributed by atoms with Gasteiger partial charge in [0.05, 0.1) is 4.47 Å². The average Bonchev–Trinajstić information content (AvgIpc) is 2.54. The van der Waals surface area contributed by atoms with Gasteiger partial charge in [0.15, 0.2) is 0 Å². The molecule has 100 valence electrons. The predicted octanol–water partition coefficient (Wildman–Crippen LogP) is 4.18. The summed E-state index contributed by atoms with van der Waals surface area (Å²) in [5.41, 5.74) is 6.07. The van der Waals surface area contributed by atoms with Crippen LogP contribution in [0.15, 0.2) is 16.6 Å². The molecule has 1 aliphatic carbocycles. The first-order valence-corrected chi connectivity index (χ1v) is 6.93. The van der Waals surface area contributed by atoms with Gasteiger partial charge in [0.1, 0.15) is 11.6 Å². The van der Waals surface area contributed by atoms with Crippen molar-refractivity contribution in [2.45, 2.75) is 45.1 Å². The van der Waals surface area contributed by atoms with E-state index in [-0.39, 0.29) is 17.4 Å². The van der Waals surface area contributed by atoms with E-state index in [1.54, 1.807) is 0 Å². The van der Waals surface area contributed by atoms with Crippen LogP contribution in [0.25, 0.3) is 0 Å². The molecule has 18 heavy (non-hydrogen) atoms. The summed E-state index contributed by atoms with van der Waals surface area (Å²) < 4.78 is 28.0. The molecule has 4 heteroatoms. The summed E-state index contributed by atoms with van der Waals surface area (Å²) in [5, 5.41) is 0. The number of benzene rings is 1. The SMILES string of the molecule is CC1(C)CCC(N)(Cc2c(F)ccc(Br)c2F)C1. The lowest BCUT2D eigenvalue weighted by molar-refractivity contribution is 0.329. The Labute approximate surface area is 115 Å². The molecule has 1 atom stereocenters. The molecule has 1 aliphatic rings. The van der Waals surface area contributed by atoms with Crippen LogP contribution in [-0.2, 0) is 6.42 Å². The summed E-state index contributed by atoms with van der Waals surface area (Å²) in [6, 6.07) is 2.67. The lowest BCUT2D eigenvalue weighted by Crippen LogP contribution is -2.40. The van der Waals surface area contributed by atoms with Gasteiger partial charge < -0.3 is 5.73 Å². The van der Waals surface area contributed by atoms with Gasteiger partial charge in [-0.25, -0.2) is 8.78 Å². The van der Waals surface area contributed by atoms with E-state index in [1.165, 1.54) is 12.1 Å². The lowest BCUT2D eigenvalue weighted by Gasteiger charge is -2.27. The summed E-state index contributed by atoms with van der Waals surface area (Å²) in [4.78, 5) is 0. The zero-order valence-corrected chi connectivity index (χ0v) is 12.3. The smallest absolute Gasteiger partial charge is 0.143 e. The zero-order chi connectivity index (χ0) is 13.6. The highest BCUT2D eigenvalue weighted by molar-refractivity contribution is 9.10. The van der Waals surface area contributed by atoms with Crippen molar-refractivity contribution in [3.63, 3.8) is 0 Å². The predicted molar refractivity (Wildman–Crippen MR) is 72.3 cm³/mol. The van der Waals surface area contributed by atoms with Crippen LogP contribution >= 0.6 is 15.9 Å². The molecular weight excluding hydrogens is 300 g/mol. The second kappa shape index (κ2) is 4.57. The number of halogens is 3. The molecule has 0 aliphatic heterocycles. The van der Waals surface area contributed by atoms with E-state index < -0.39 is 17.2 Å². The van der Waals surface area contributed by atoms with Gasteiger partial charge in [-0.05, 0) is 59.2 Å². The van der Waals surface area contributed by atoms with Crippen LogP contribution in [0.2, 0.25) is 0 Å². The average molecular weight is 318 g/mol. The number of rotatable bonds is 2. The van der Waals surface area contributed by atoms with Crippen LogP contribution < -0.4 is 5.73 Å². The second-order valence-electron chi connectivity index (χ2n) is 6.20. The molecule has 0 bridgehead atoms. The van der Waals surface area contributed by atoms with Crippen molar-refractivity contribution >= 4 is 15.9 Å². The minimum absolute atomic E-state index is 0.101. The zero-order valence-electron chi connectivity index (χ0n) is 10.7. The Bertz CT molecular complexity index is 473. The number of hydrogen-bond donors (Lipinski definition) is 1. The van der Waals surface area contributed by atoms with Gasteiger partial charge in [0.2, 0.25) is 0 Å². The quantitative estimate of drug-likeness (QED) is 0.814. The van der Waals surface area contributed by atoms with Crippen molar-refractivity contribution in [3.05, 3.63) is 33.8 Å². The third kappa shape index (κ3) is 2.75. The monoisotopic (exact) mass is 317 g/mol. The van der Waals surface area contributed by atoms with Crippen molar-refractivity contribution in [1.29, 1.82) is 0 Å². The van der Waals surface area contributed by atoms with Gasteiger partial charge in [-0.2, -0.15) is 0 Å². The van der Waals surface area contributed by atoms with Crippen LogP contribution in [0.3, 0.4) is 0 Å². The highest BCUT2D eigenvalue weighted by Crippen LogP contribution is 2.44. The van der Waals surface area contributed by atoms with Crippen molar-refractivity contribution < 1.29 is 8.78 Å². The Morgan fingerprint density at radius 1 is 1.28 bits per heavy atom. The Kier molecular flexibility index (Phi) is 3.54. The highest BCUT2D eigenvalue weighted by Gasteiger charge is 2.41.